The predicted octanol–water partition coefficient (Wildman–Crippen LogP) is 7.15. The summed E-state index contributed by atoms with van der Waals surface area (Å²) in [6, 6.07) is 24.8. The van der Waals surface area contributed by atoms with E-state index in [4.69, 9.17) is 4.74 Å². The molecule has 2 heterocycles. The van der Waals surface area contributed by atoms with Crippen LogP contribution in [-0.4, -0.2) is 36.2 Å². The summed E-state index contributed by atoms with van der Waals surface area (Å²) in [6.07, 6.45) is 4.85. The summed E-state index contributed by atoms with van der Waals surface area (Å²) in [5.41, 5.74) is 3.80. The first-order valence-corrected chi connectivity index (χ1v) is 12.3. The SMILES string of the molecule is Cl.Oc1ccc2c(Cc3ccc(OCCN4CCCCC4)cc3)c(-c3ccccc3)sc2c1. The highest BCUT2D eigenvalue weighted by molar-refractivity contribution is 7.22. The van der Waals surface area contributed by atoms with Crippen LogP contribution in [0.2, 0.25) is 0 Å². The summed E-state index contributed by atoms with van der Waals surface area (Å²) in [5, 5.41) is 11.2. The van der Waals surface area contributed by atoms with Crippen LogP contribution >= 0.6 is 23.7 Å². The van der Waals surface area contributed by atoms with Crippen LogP contribution in [0.3, 0.4) is 0 Å². The second-order valence-electron chi connectivity index (χ2n) is 8.53. The minimum Gasteiger partial charge on any atom is -0.508 e. The number of fused-ring (bicyclic) bond motifs is 1. The molecule has 0 aliphatic carbocycles. The molecule has 33 heavy (non-hydrogen) atoms. The fraction of sp³-hybridized carbons (Fsp3) is 0.286. The minimum atomic E-state index is 0. The Bertz CT molecular complexity index is 1170. The molecular weight excluding hydrogens is 450 g/mol. The highest BCUT2D eigenvalue weighted by Gasteiger charge is 2.15. The number of piperidine rings is 1. The molecule has 1 saturated heterocycles. The second kappa shape index (κ2) is 11.1. The van der Waals surface area contributed by atoms with E-state index in [0.717, 1.165) is 30.0 Å². The number of rotatable bonds is 7. The fourth-order valence-corrected chi connectivity index (χ4v) is 5.78. The van der Waals surface area contributed by atoms with Gasteiger partial charge >= 0.3 is 0 Å². The Morgan fingerprint density at radius 3 is 2.39 bits per heavy atom. The molecule has 3 nitrogen and oxygen atoms in total. The number of likely N-dealkylation sites (tertiary alicyclic amines) is 1. The Hall–Kier alpha value is -2.53. The lowest BCUT2D eigenvalue weighted by Gasteiger charge is -2.26. The number of thiophene rings is 1. The standard InChI is InChI=1S/C28H29NO2S.ClH/c30-23-11-14-25-26(28(32-27(25)20-23)22-7-3-1-4-8-22)19-21-9-12-24(13-10-21)31-18-17-29-15-5-2-6-16-29;/h1,3-4,7-14,20,30H,2,5-6,15-19H2;1H. The number of phenols is 1. The summed E-state index contributed by atoms with van der Waals surface area (Å²) in [5.74, 6) is 1.25. The number of hydrogen-bond acceptors (Lipinski definition) is 4. The van der Waals surface area contributed by atoms with Gasteiger partial charge in [-0.25, -0.2) is 0 Å². The van der Waals surface area contributed by atoms with E-state index in [2.05, 4.69) is 53.4 Å². The van der Waals surface area contributed by atoms with E-state index in [1.54, 1.807) is 17.4 Å². The van der Waals surface area contributed by atoms with Crippen LogP contribution in [-0.2, 0) is 6.42 Å². The monoisotopic (exact) mass is 479 g/mol. The van der Waals surface area contributed by atoms with Crippen LogP contribution in [0.25, 0.3) is 20.5 Å². The number of phenolic OH excluding ortho intramolecular Hbond substituents is 1. The average molecular weight is 480 g/mol. The molecule has 172 valence electrons. The van der Waals surface area contributed by atoms with Gasteiger partial charge in [0.25, 0.3) is 0 Å². The van der Waals surface area contributed by atoms with E-state index in [1.807, 2.05) is 18.2 Å². The maximum absolute atomic E-state index is 9.97. The third kappa shape index (κ3) is 5.70. The van der Waals surface area contributed by atoms with Gasteiger partial charge in [0, 0.05) is 16.1 Å². The van der Waals surface area contributed by atoms with Gasteiger partial charge in [0.1, 0.15) is 18.1 Å². The lowest BCUT2D eigenvalue weighted by atomic mass is 9.99. The molecule has 1 aromatic heterocycles. The summed E-state index contributed by atoms with van der Waals surface area (Å²) in [4.78, 5) is 3.77. The van der Waals surface area contributed by atoms with Gasteiger partial charge in [-0.1, -0.05) is 48.9 Å². The molecule has 0 bridgehead atoms. The van der Waals surface area contributed by atoms with E-state index in [0.29, 0.717) is 5.75 Å². The van der Waals surface area contributed by atoms with Gasteiger partial charge in [-0.05, 0) is 84.8 Å². The zero-order chi connectivity index (χ0) is 21.8. The quantitative estimate of drug-likeness (QED) is 0.305. The van der Waals surface area contributed by atoms with Crippen LogP contribution < -0.4 is 4.74 Å². The van der Waals surface area contributed by atoms with Crippen molar-refractivity contribution in [2.45, 2.75) is 25.7 Å². The van der Waals surface area contributed by atoms with Crippen molar-refractivity contribution in [1.82, 2.24) is 4.90 Å². The molecule has 0 radical (unpaired) electrons. The number of benzene rings is 3. The van der Waals surface area contributed by atoms with Gasteiger partial charge in [-0.15, -0.1) is 23.7 Å². The lowest BCUT2D eigenvalue weighted by molar-refractivity contribution is 0.183. The van der Waals surface area contributed by atoms with E-state index in [-0.39, 0.29) is 12.4 Å². The van der Waals surface area contributed by atoms with Crippen molar-refractivity contribution in [3.8, 4) is 21.9 Å². The van der Waals surface area contributed by atoms with Crippen molar-refractivity contribution in [2.24, 2.45) is 0 Å². The van der Waals surface area contributed by atoms with Crippen LogP contribution in [0, 0.1) is 0 Å². The van der Waals surface area contributed by atoms with Crippen molar-refractivity contribution < 1.29 is 9.84 Å². The Morgan fingerprint density at radius 1 is 0.879 bits per heavy atom. The molecule has 0 spiro atoms. The molecule has 0 unspecified atom stereocenters. The maximum Gasteiger partial charge on any atom is 0.119 e. The molecule has 3 aromatic carbocycles. The molecule has 1 N–H and O–H groups in total. The number of nitrogens with zero attached hydrogens (tertiary/aromatic N) is 1. The summed E-state index contributed by atoms with van der Waals surface area (Å²) in [6.45, 7) is 4.17. The van der Waals surface area contributed by atoms with Crippen molar-refractivity contribution in [3.05, 3.63) is 83.9 Å². The van der Waals surface area contributed by atoms with Crippen LogP contribution in [0.15, 0.2) is 72.8 Å². The molecule has 4 aromatic rings. The largest absolute Gasteiger partial charge is 0.508 e. The molecule has 0 saturated carbocycles. The Labute approximate surface area is 206 Å². The molecule has 1 aliphatic rings. The fourth-order valence-electron chi connectivity index (χ4n) is 4.52. The summed E-state index contributed by atoms with van der Waals surface area (Å²) < 4.78 is 7.13. The van der Waals surface area contributed by atoms with Crippen LogP contribution in [0.1, 0.15) is 30.4 Å². The second-order valence-corrected chi connectivity index (χ2v) is 9.58. The van der Waals surface area contributed by atoms with Crippen molar-refractivity contribution in [3.63, 3.8) is 0 Å². The van der Waals surface area contributed by atoms with Crippen LogP contribution in [0.5, 0.6) is 11.5 Å². The highest BCUT2D eigenvalue weighted by Crippen LogP contribution is 2.41. The van der Waals surface area contributed by atoms with Gasteiger partial charge in [0.05, 0.1) is 0 Å². The van der Waals surface area contributed by atoms with Gasteiger partial charge < -0.3 is 9.84 Å². The molecule has 5 rings (SSSR count). The summed E-state index contributed by atoms with van der Waals surface area (Å²) in [7, 11) is 0. The molecule has 5 heteroatoms. The average Bonchev–Trinajstić information content (AvgIpc) is 3.18. The van der Waals surface area contributed by atoms with E-state index < -0.39 is 0 Å². The van der Waals surface area contributed by atoms with E-state index >= 15 is 0 Å². The first-order chi connectivity index (χ1) is 15.8. The van der Waals surface area contributed by atoms with Crippen molar-refractivity contribution in [2.75, 3.05) is 26.2 Å². The normalized spacial score (nSPS) is 14.2. The Morgan fingerprint density at radius 2 is 1.64 bits per heavy atom. The zero-order valence-corrected chi connectivity index (χ0v) is 20.3. The van der Waals surface area contributed by atoms with Gasteiger partial charge in [-0.3, -0.25) is 4.90 Å². The molecule has 1 fully saturated rings. The lowest BCUT2D eigenvalue weighted by Crippen LogP contribution is -2.33. The van der Waals surface area contributed by atoms with Gasteiger partial charge in [0.2, 0.25) is 0 Å². The van der Waals surface area contributed by atoms with Gasteiger partial charge in [0.15, 0.2) is 0 Å². The smallest absolute Gasteiger partial charge is 0.119 e. The minimum absolute atomic E-state index is 0. The highest BCUT2D eigenvalue weighted by atomic mass is 35.5. The zero-order valence-electron chi connectivity index (χ0n) is 18.7. The number of hydrogen-bond donors (Lipinski definition) is 1. The van der Waals surface area contributed by atoms with Gasteiger partial charge in [-0.2, -0.15) is 0 Å². The van der Waals surface area contributed by atoms with Crippen molar-refractivity contribution >= 4 is 33.8 Å². The molecule has 0 amide bonds. The molecule has 1 aliphatic heterocycles. The number of ether oxygens (including phenoxy) is 1. The van der Waals surface area contributed by atoms with E-state index in [9.17, 15) is 5.11 Å². The van der Waals surface area contributed by atoms with E-state index in [1.165, 1.54) is 59.3 Å². The first kappa shape index (κ1) is 23.6. The third-order valence-electron chi connectivity index (χ3n) is 6.24. The predicted molar refractivity (Wildman–Crippen MR) is 141 cm³/mol. The topological polar surface area (TPSA) is 32.7 Å². The maximum atomic E-state index is 9.97. The summed E-state index contributed by atoms with van der Waals surface area (Å²) >= 11 is 1.75. The van der Waals surface area contributed by atoms with Crippen molar-refractivity contribution in [1.29, 1.82) is 0 Å². The Balaban J connectivity index is 0.00000259. The Kier molecular flexibility index (Phi) is 7.92. The molecular formula is C28H30ClNO2S. The van der Waals surface area contributed by atoms with Crippen LogP contribution in [0.4, 0.5) is 0 Å². The number of aromatic hydroxyl groups is 1. The third-order valence-corrected chi connectivity index (χ3v) is 7.49. The molecule has 0 atom stereocenters. The number of halogens is 1. The first-order valence-electron chi connectivity index (χ1n) is 11.5.